The van der Waals surface area contributed by atoms with Crippen molar-refractivity contribution in [3.05, 3.63) is 120 Å². The Morgan fingerprint density at radius 1 is 0.947 bits per heavy atom. The van der Waals surface area contributed by atoms with Gasteiger partial charge in [-0.05, 0) is 66.6 Å². The van der Waals surface area contributed by atoms with Gasteiger partial charge in [0.15, 0.2) is 11.5 Å². The van der Waals surface area contributed by atoms with Crippen LogP contribution in [0.25, 0.3) is 0 Å². The van der Waals surface area contributed by atoms with Crippen LogP contribution in [0.2, 0.25) is 0 Å². The number of rotatable bonds is 12. The van der Waals surface area contributed by atoms with Crippen molar-refractivity contribution in [3.8, 4) is 17.6 Å². The van der Waals surface area contributed by atoms with E-state index in [1.54, 1.807) is 30.5 Å². The predicted molar refractivity (Wildman–Crippen MR) is 147 cm³/mol. The minimum Gasteiger partial charge on any atom is -0.490 e. The molecule has 0 fully saturated rings. The normalized spacial score (nSPS) is 11.2. The van der Waals surface area contributed by atoms with Crippen molar-refractivity contribution in [1.82, 2.24) is 10.3 Å². The maximum absolute atomic E-state index is 13.4. The molecule has 7 nitrogen and oxygen atoms in total. The van der Waals surface area contributed by atoms with E-state index in [2.05, 4.69) is 21.7 Å². The van der Waals surface area contributed by atoms with Crippen molar-refractivity contribution < 1.29 is 14.3 Å². The highest BCUT2D eigenvalue weighted by Gasteiger charge is 2.22. The van der Waals surface area contributed by atoms with Crippen LogP contribution in [0.1, 0.15) is 35.3 Å². The number of ether oxygens (including phenoxy) is 2. The molecule has 0 bridgehead atoms. The van der Waals surface area contributed by atoms with Gasteiger partial charge in [0.05, 0.1) is 18.2 Å². The largest absolute Gasteiger partial charge is 0.490 e. The first-order valence-corrected chi connectivity index (χ1v) is 12.5. The molecule has 0 saturated carbocycles. The molecule has 0 aliphatic rings. The smallest absolute Gasteiger partial charge is 0.247 e. The second kappa shape index (κ2) is 13.5. The van der Waals surface area contributed by atoms with Crippen molar-refractivity contribution in [2.75, 3.05) is 18.5 Å². The highest BCUT2D eigenvalue weighted by Crippen LogP contribution is 2.33. The lowest BCUT2D eigenvalue weighted by Gasteiger charge is -2.22. The van der Waals surface area contributed by atoms with Crippen LogP contribution in [0, 0.1) is 11.3 Å². The van der Waals surface area contributed by atoms with Gasteiger partial charge in [0.1, 0.15) is 12.6 Å². The summed E-state index contributed by atoms with van der Waals surface area (Å²) in [4.78, 5) is 17.7. The second-order valence-electron chi connectivity index (χ2n) is 8.54. The molecule has 0 unspecified atom stereocenters. The fourth-order valence-corrected chi connectivity index (χ4v) is 3.90. The molecule has 3 aromatic carbocycles. The molecule has 0 aliphatic carbocycles. The Hall–Kier alpha value is -4.83. The molecule has 0 spiro atoms. The molecule has 7 heteroatoms. The summed E-state index contributed by atoms with van der Waals surface area (Å²) in [7, 11) is 0. The van der Waals surface area contributed by atoms with E-state index in [4.69, 9.17) is 14.7 Å². The van der Waals surface area contributed by atoms with Crippen LogP contribution in [0.15, 0.2) is 97.2 Å². The SMILES string of the molecule is CCOc1cc([C@H](Nc2ccc(C#N)cc2)C(=O)NCCc2ccccn2)ccc1OCc1ccccc1. The van der Waals surface area contributed by atoms with E-state index in [-0.39, 0.29) is 5.91 Å². The Morgan fingerprint density at radius 2 is 1.74 bits per heavy atom. The number of carbonyl (C=O) groups is 1. The van der Waals surface area contributed by atoms with Crippen molar-refractivity contribution in [1.29, 1.82) is 5.26 Å². The van der Waals surface area contributed by atoms with E-state index in [0.29, 0.717) is 43.2 Å². The number of anilines is 1. The monoisotopic (exact) mass is 506 g/mol. The van der Waals surface area contributed by atoms with Crippen LogP contribution in [0.5, 0.6) is 11.5 Å². The first-order chi connectivity index (χ1) is 18.7. The Morgan fingerprint density at radius 3 is 2.45 bits per heavy atom. The molecular weight excluding hydrogens is 476 g/mol. The minimum absolute atomic E-state index is 0.189. The number of hydrogen-bond acceptors (Lipinski definition) is 6. The molecule has 1 atom stereocenters. The third-order valence-corrected chi connectivity index (χ3v) is 5.83. The number of aromatic nitrogens is 1. The van der Waals surface area contributed by atoms with Gasteiger partial charge in [-0.15, -0.1) is 0 Å². The average Bonchev–Trinajstić information content (AvgIpc) is 2.97. The van der Waals surface area contributed by atoms with Gasteiger partial charge in [-0.2, -0.15) is 5.26 Å². The number of hydrogen-bond donors (Lipinski definition) is 2. The first-order valence-electron chi connectivity index (χ1n) is 12.5. The Labute approximate surface area is 223 Å². The van der Waals surface area contributed by atoms with E-state index in [0.717, 1.165) is 22.5 Å². The number of benzene rings is 3. The third kappa shape index (κ3) is 7.34. The number of nitriles is 1. The molecule has 1 amide bonds. The number of carbonyl (C=O) groups excluding carboxylic acids is 1. The first kappa shape index (κ1) is 26.2. The van der Waals surface area contributed by atoms with Gasteiger partial charge in [-0.3, -0.25) is 9.78 Å². The fourth-order valence-electron chi connectivity index (χ4n) is 3.90. The maximum atomic E-state index is 13.4. The number of nitrogens with zero attached hydrogens (tertiary/aromatic N) is 2. The van der Waals surface area contributed by atoms with Gasteiger partial charge in [-0.1, -0.05) is 42.5 Å². The maximum Gasteiger partial charge on any atom is 0.247 e. The molecule has 4 aromatic rings. The summed E-state index contributed by atoms with van der Waals surface area (Å²) < 4.78 is 11.9. The summed E-state index contributed by atoms with van der Waals surface area (Å²) in [6, 6.07) is 29.6. The Balaban J connectivity index is 1.55. The van der Waals surface area contributed by atoms with Gasteiger partial charge < -0.3 is 20.1 Å². The lowest BCUT2D eigenvalue weighted by molar-refractivity contribution is -0.121. The molecule has 0 aliphatic heterocycles. The predicted octanol–water partition coefficient (Wildman–Crippen LogP) is 5.44. The lowest BCUT2D eigenvalue weighted by Crippen LogP contribution is -2.34. The number of pyridine rings is 1. The molecule has 2 N–H and O–H groups in total. The van der Waals surface area contributed by atoms with Gasteiger partial charge in [0, 0.05) is 30.5 Å². The van der Waals surface area contributed by atoms with Gasteiger partial charge in [0.25, 0.3) is 0 Å². The number of amides is 1. The summed E-state index contributed by atoms with van der Waals surface area (Å²) in [6.45, 7) is 3.21. The van der Waals surface area contributed by atoms with Crippen molar-refractivity contribution in [2.24, 2.45) is 0 Å². The van der Waals surface area contributed by atoms with E-state index in [1.807, 2.05) is 73.7 Å². The Kier molecular flexibility index (Phi) is 9.30. The Bertz CT molecular complexity index is 1350. The van der Waals surface area contributed by atoms with Crippen LogP contribution in [0.4, 0.5) is 5.69 Å². The van der Waals surface area contributed by atoms with Crippen LogP contribution >= 0.6 is 0 Å². The highest BCUT2D eigenvalue weighted by molar-refractivity contribution is 5.86. The standard InChI is InChI=1S/C31H30N4O3/c1-2-37-29-20-25(13-16-28(29)38-22-24-8-4-3-5-9-24)30(35-27-14-11-23(21-32)12-15-27)31(36)34-19-17-26-10-6-7-18-33-26/h3-16,18,20,30,35H,2,17,19,22H2,1H3,(H,34,36)/t30-/m0/s1. The van der Waals surface area contributed by atoms with E-state index in [1.165, 1.54) is 0 Å². The van der Waals surface area contributed by atoms with E-state index in [9.17, 15) is 4.79 Å². The summed E-state index contributed by atoms with van der Waals surface area (Å²) in [5, 5.41) is 15.5. The molecule has 38 heavy (non-hydrogen) atoms. The third-order valence-electron chi connectivity index (χ3n) is 5.83. The second-order valence-corrected chi connectivity index (χ2v) is 8.54. The van der Waals surface area contributed by atoms with E-state index >= 15 is 0 Å². The lowest BCUT2D eigenvalue weighted by atomic mass is 10.0. The van der Waals surface area contributed by atoms with Gasteiger partial charge >= 0.3 is 0 Å². The molecule has 0 saturated heterocycles. The van der Waals surface area contributed by atoms with Crippen LogP contribution in [0.3, 0.4) is 0 Å². The quantitative estimate of drug-likeness (QED) is 0.266. The summed E-state index contributed by atoms with van der Waals surface area (Å²) in [5.74, 6) is 0.978. The highest BCUT2D eigenvalue weighted by atomic mass is 16.5. The molecule has 1 heterocycles. The molecule has 192 valence electrons. The minimum atomic E-state index is -0.700. The summed E-state index contributed by atoms with van der Waals surface area (Å²) >= 11 is 0. The fraction of sp³-hybridized carbons (Fsp3) is 0.194. The molecule has 4 rings (SSSR count). The molecule has 0 radical (unpaired) electrons. The summed E-state index contributed by atoms with van der Waals surface area (Å²) in [5.41, 5.74) is 3.94. The molecule has 1 aromatic heterocycles. The zero-order chi connectivity index (χ0) is 26.6. The van der Waals surface area contributed by atoms with Gasteiger partial charge in [-0.25, -0.2) is 0 Å². The van der Waals surface area contributed by atoms with Crippen LogP contribution < -0.4 is 20.1 Å². The van der Waals surface area contributed by atoms with Crippen LogP contribution in [-0.2, 0) is 17.8 Å². The van der Waals surface area contributed by atoms with Crippen molar-refractivity contribution >= 4 is 11.6 Å². The zero-order valence-corrected chi connectivity index (χ0v) is 21.3. The topological polar surface area (TPSA) is 96.3 Å². The number of nitrogens with one attached hydrogen (secondary N) is 2. The van der Waals surface area contributed by atoms with Gasteiger partial charge in [0.2, 0.25) is 5.91 Å². The van der Waals surface area contributed by atoms with Crippen LogP contribution in [-0.4, -0.2) is 24.0 Å². The zero-order valence-electron chi connectivity index (χ0n) is 21.3. The molecular formula is C31H30N4O3. The van der Waals surface area contributed by atoms with Crippen molar-refractivity contribution in [3.63, 3.8) is 0 Å². The summed E-state index contributed by atoms with van der Waals surface area (Å²) in [6.07, 6.45) is 2.36. The van der Waals surface area contributed by atoms with E-state index < -0.39 is 6.04 Å². The average molecular weight is 507 g/mol. The van der Waals surface area contributed by atoms with Crippen molar-refractivity contribution in [2.45, 2.75) is 26.0 Å².